The first-order valence-corrected chi connectivity index (χ1v) is 5.90. The van der Waals surface area contributed by atoms with Gasteiger partial charge in [-0.2, -0.15) is 0 Å². The van der Waals surface area contributed by atoms with Gasteiger partial charge in [-0.3, -0.25) is 4.79 Å². The van der Waals surface area contributed by atoms with Crippen LogP contribution in [-0.2, 0) is 0 Å². The summed E-state index contributed by atoms with van der Waals surface area (Å²) >= 11 is 12.9. The summed E-state index contributed by atoms with van der Waals surface area (Å²) in [7, 11) is 0. The van der Waals surface area contributed by atoms with E-state index in [4.69, 9.17) is 23.2 Å². The predicted molar refractivity (Wildman–Crippen MR) is 65.4 cm³/mol. The van der Waals surface area contributed by atoms with Crippen LogP contribution in [0.1, 0.15) is 0 Å². The maximum atomic E-state index is 11.2. The van der Waals surface area contributed by atoms with Gasteiger partial charge in [0, 0.05) is 9.92 Å². The zero-order chi connectivity index (χ0) is 11.5. The third-order valence-corrected chi connectivity index (χ3v) is 3.52. The highest BCUT2D eigenvalue weighted by molar-refractivity contribution is 7.99. The highest BCUT2D eigenvalue weighted by Crippen LogP contribution is 2.29. The number of benzene rings is 1. The van der Waals surface area contributed by atoms with Crippen molar-refractivity contribution < 1.29 is 0 Å². The molecule has 0 radical (unpaired) electrons. The molecule has 0 aliphatic carbocycles. The minimum absolute atomic E-state index is 0.0995. The summed E-state index contributed by atoms with van der Waals surface area (Å²) in [4.78, 5) is 18.5. The monoisotopic (exact) mass is 272 g/mol. The van der Waals surface area contributed by atoms with Gasteiger partial charge in [0.1, 0.15) is 10.0 Å². The number of nitrogens with zero attached hydrogens (tertiary/aromatic N) is 1. The van der Waals surface area contributed by atoms with Crippen molar-refractivity contribution in [3.8, 4) is 0 Å². The van der Waals surface area contributed by atoms with Crippen LogP contribution in [0, 0.1) is 0 Å². The number of aromatic nitrogens is 2. The lowest BCUT2D eigenvalue weighted by Gasteiger charge is -2.01. The molecule has 0 saturated carbocycles. The molecule has 0 aliphatic rings. The fourth-order valence-electron chi connectivity index (χ4n) is 1.05. The van der Waals surface area contributed by atoms with Crippen molar-refractivity contribution >= 4 is 35.0 Å². The van der Waals surface area contributed by atoms with E-state index in [2.05, 4.69) is 9.97 Å². The summed E-state index contributed by atoms with van der Waals surface area (Å²) in [6.07, 6.45) is 1.33. The molecule has 1 aromatic heterocycles. The standard InChI is InChI=1S/C10H6Cl2N2OS/c11-6-1-3-7(4-2-6)16-10-8(12)9(15)13-5-14-10/h1-5H,(H,13,14,15). The molecule has 2 aromatic rings. The van der Waals surface area contributed by atoms with Gasteiger partial charge in [-0.25, -0.2) is 4.98 Å². The van der Waals surface area contributed by atoms with Crippen molar-refractivity contribution in [2.75, 3.05) is 0 Å². The Kier molecular flexibility index (Phi) is 3.53. The molecule has 0 aliphatic heterocycles. The van der Waals surface area contributed by atoms with E-state index in [9.17, 15) is 4.79 Å². The van der Waals surface area contributed by atoms with Gasteiger partial charge in [0.2, 0.25) is 0 Å². The Balaban J connectivity index is 2.30. The number of rotatable bonds is 2. The summed E-state index contributed by atoms with van der Waals surface area (Å²) < 4.78 is 0. The fraction of sp³-hybridized carbons (Fsp3) is 0. The Morgan fingerprint density at radius 1 is 1.19 bits per heavy atom. The third-order valence-electron chi connectivity index (χ3n) is 1.79. The number of hydrogen-bond acceptors (Lipinski definition) is 3. The van der Waals surface area contributed by atoms with E-state index >= 15 is 0 Å². The van der Waals surface area contributed by atoms with Crippen LogP contribution in [0.5, 0.6) is 0 Å². The SMILES string of the molecule is O=c1[nH]cnc(Sc2ccc(Cl)cc2)c1Cl. The van der Waals surface area contributed by atoms with Crippen LogP contribution in [0.3, 0.4) is 0 Å². The molecule has 16 heavy (non-hydrogen) atoms. The minimum atomic E-state index is -0.340. The Morgan fingerprint density at radius 2 is 1.88 bits per heavy atom. The van der Waals surface area contributed by atoms with E-state index in [1.807, 2.05) is 12.1 Å². The Bertz CT molecular complexity index is 553. The van der Waals surface area contributed by atoms with Crippen LogP contribution >= 0.6 is 35.0 Å². The van der Waals surface area contributed by atoms with Crippen LogP contribution in [-0.4, -0.2) is 9.97 Å². The molecule has 0 unspecified atom stereocenters. The quantitative estimate of drug-likeness (QED) is 0.854. The lowest BCUT2D eigenvalue weighted by atomic mass is 10.4. The summed E-state index contributed by atoms with van der Waals surface area (Å²) in [6.45, 7) is 0. The van der Waals surface area contributed by atoms with E-state index in [1.165, 1.54) is 18.1 Å². The molecule has 82 valence electrons. The van der Waals surface area contributed by atoms with E-state index in [1.54, 1.807) is 12.1 Å². The molecule has 1 heterocycles. The summed E-state index contributed by atoms with van der Waals surface area (Å²) in [5, 5.41) is 1.24. The number of halogens is 2. The van der Waals surface area contributed by atoms with Gasteiger partial charge in [-0.15, -0.1) is 0 Å². The molecule has 0 fully saturated rings. The van der Waals surface area contributed by atoms with Crippen molar-refractivity contribution in [2.45, 2.75) is 9.92 Å². The maximum Gasteiger partial charge on any atom is 0.270 e. The Morgan fingerprint density at radius 3 is 2.56 bits per heavy atom. The van der Waals surface area contributed by atoms with E-state index in [0.717, 1.165) is 4.90 Å². The minimum Gasteiger partial charge on any atom is -0.312 e. The molecule has 2 rings (SSSR count). The number of hydrogen-bond donors (Lipinski definition) is 1. The van der Waals surface area contributed by atoms with Crippen molar-refractivity contribution in [2.24, 2.45) is 0 Å². The summed E-state index contributed by atoms with van der Waals surface area (Å²) in [5.74, 6) is 0. The van der Waals surface area contributed by atoms with Crippen molar-refractivity contribution in [3.05, 3.63) is 51.0 Å². The van der Waals surface area contributed by atoms with Crippen LogP contribution in [0.15, 0.2) is 45.3 Å². The Labute approximate surface area is 106 Å². The first-order valence-electron chi connectivity index (χ1n) is 4.33. The second kappa shape index (κ2) is 4.91. The van der Waals surface area contributed by atoms with Crippen LogP contribution in [0.2, 0.25) is 10.0 Å². The lowest BCUT2D eigenvalue weighted by molar-refractivity contribution is 1.01. The zero-order valence-corrected chi connectivity index (χ0v) is 10.2. The normalized spacial score (nSPS) is 10.4. The molecular formula is C10H6Cl2N2OS. The second-order valence-electron chi connectivity index (χ2n) is 2.91. The molecular weight excluding hydrogens is 267 g/mol. The van der Waals surface area contributed by atoms with Crippen LogP contribution < -0.4 is 5.56 Å². The molecule has 3 nitrogen and oxygen atoms in total. The molecule has 0 bridgehead atoms. The second-order valence-corrected chi connectivity index (χ2v) is 4.78. The molecule has 1 aromatic carbocycles. The predicted octanol–water partition coefficient (Wildman–Crippen LogP) is 3.23. The van der Waals surface area contributed by atoms with Crippen molar-refractivity contribution in [1.29, 1.82) is 0 Å². The largest absolute Gasteiger partial charge is 0.312 e. The Hall–Kier alpha value is -0.970. The average molecular weight is 273 g/mol. The highest BCUT2D eigenvalue weighted by Gasteiger charge is 2.07. The van der Waals surface area contributed by atoms with Gasteiger partial charge in [-0.1, -0.05) is 35.0 Å². The third kappa shape index (κ3) is 2.58. The van der Waals surface area contributed by atoms with Gasteiger partial charge in [0.25, 0.3) is 5.56 Å². The van der Waals surface area contributed by atoms with Crippen LogP contribution in [0.4, 0.5) is 0 Å². The van der Waals surface area contributed by atoms with Gasteiger partial charge in [0.05, 0.1) is 6.33 Å². The molecule has 0 saturated heterocycles. The number of H-pyrrole nitrogens is 1. The van der Waals surface area contributed by atoms with Gasteiger partial charge < -0.3 is 4.98 Å². The van der Waals surface area contributed by atoms with Gasteiger partial charge >= 0.3 is 0 Å². The van der Waals surface area contributed by atoms with E-state index < -0.39 is 0 Å². The van der Waals surface area contributed by atoms with E-state index in [0.29, 0.717) is 10.0 Å². The highest BCUT2D eigenvalue weighted by atomic mass is 35.5. The van der Waals surface area contributed by atoms with Crippen molar-refractivity contribution in [3.63, 3.8) is 0 Å². The molecule has 1 N–H and O–H groups in total. The molecule has 0 spiro atoms. The first-order chi connectivity index (χ1) is 7.66. The number of aromatic amines is 1. The zero-order valence-electron chi connectivity index (χ0n) is 7.91. The fourth-order valence-corrected chi connectivity index (χ4v) is 2.18. The summed E-state index contributed by atoms with van der Waals surface area (Å²) in [5.41, 5.74) is -0.340. The first kappa shape index (κ1) is 11.5. The van der Waals surface area contributed by atoms with Gasteiger partial charge in [-0.05, 0) is 24.3 Å². The van der Waals surface area contributed by atoms with Crippen LogP contribution in [0.25, 0.3) is 0 Å². The smallest absolute Gasteiger partial charge is 0.270 e. The van der Waals surface area contributed by atoms with E-state index in [-0.39, 0.29) is 10.6 Å². The topological polar surface area (TPSA) is 45.8 Å². The lowest BCUT2D eigenvalue weighted by Crippen LogP contribution is -2.07. The maximum absolute atomic E-state index is 11.2. The molecule has 6 heteroatoms. The van der Waals surface area contributed by atoms with Crippen molar-refractivity contribution in [1.82, 2.24) is 9.97 Å². The summed E-state index contributed by atoms with van der Waals surface area (Å²) in [6, 6.07) is 7.22. The average Bonchev–Trinajstić information content (AvgIpc) is 2.28. The van der Waals surface area contributed by atoms with Gasteiger partial charge in [0.15, 0.2) is 0 Å². The molecule has 0 amide bonds. The number of nitrogens with one attached hydrogen (secondary N) is 1. The molecule has 0 atom stereocenters.